The van der Waals surface area contributed by atoms with E-state index in [4.69, 9.17) is 11.6 Å². The lowest BCUT2D eigenvalue weighted by Gasteiger charge is -2.35. The molecule has 1 saturated heterocycles. The molecule has 3 rings (SSSR count). The second kappa shape index (κ2) is 8.26. The highest BCUT2D eigenvalue weighted by Gasteiger charge is 2.38. The van der Waals surface area contributed by atoms with E-state index in [2.05, 4.69) is 10.2 Å². The van der Waals surface area contributed by atoms with Crippen molar-refractivity contribution in [1.82, 2.24) is 10.2 Å². The topological polar surface area (TPSA) is 15.3 Å². The molecule has 1 aromatic carbocycles. The number of alkyl halides is 3. The number of hydrogen-bond donors (Lipinski definition) is 1. The predicted molar refractivity (Wildman–Crippen MR) is 90.9 cm³/mol. The Kier molecular flexibility index (Phi) is 7.48. The summed E-state index contributed by atoms with van der Waals surface area (Å²) >= 11 is 5.87. The molecule has 2 fully saturated rings. The molecule has 8 heteroatoms. The minimum Gasteiger partial charge on any atom is -0.314 e. The van der Waals surface area contributed by atoms with E-state index in [9.17, 15) is 13.2 Å². The Balaban J connectivity index is 0.00000132. The number of benzene rings is 1. The van der Waals surface area contributed by atoms with Crippen molar-refractivity contribution in [2.24, 2.45) is 5.92 Å². The Labute approximate surface area is 151 Å². The maximum absolute atomic E-state index is 12.8. The third-order valence-corrected chi connectivity index (χ3v) is 4.57. The molecule has 1 aliphatic carbocycles. The van der Waals surface area contributed by atoms with Crippen LogP contribution in [-0.4, -0.2) is 31.1 Å². The fourth-order valence-electron chi connectivity index (χ4n) is 3.10. The number of halogens is 6. The van der Waals surface area contributed by atoms with Gasteiger partial charge >= 0.3 is 6.18 Å². The van der Waals surface area contributed by atoms with E-state index in [1.54, 1.807) is 6.07 Å². The molecule has 132 valence electrons. The quantitative estimate of drug-likeness (QED) is 0.812. The molecule has 2 aliphatic rings. The van der Waals surface area contributed by atoms with Gasteiger partial charge in [0, 0.05) is 32.2 Å². The van der Waals surface area contributed by atoms with E-state index in [0.29, 0.717) is 5.92 Å². The van der Waals surface area contributed by atoms with Gasteiger partial charge < -0.3 is 5.32 Å². The third-order valence-electron chi connectivity index (χ3n) is 4.25. The summed E-state index contributed by atoms with van der Waals surface area (Å²) in [5.41, 5.74) is 0.167. The Morgan fingerprint density at radius 3 is 2.22 bits per heavy atom. The normalized spacial score (nSPS) is 20.3. The number of hydrogen-bond acceptors (Lipinski definition) is 2. The van der Waals surface area contributed by atoms with Crippen molar-refractivity contribution in [3.8, 4) is 0 Å². The van der Waals surface area contributed by atoms with Crippen LogP contribution < -0.4 is 5.32 Å². The second-order valence-electron chi connectivity index (χ2n) is 5.81. The van der Waals surface area contributed by atoms with Crippen molar-refractivity contribution >= 4 is 36.4 Å². The summed E-state index contributed by atoms with van der Waals surface area (Å²) in [7, 11) is 0. The van der Waals surface area contributed by atoms with Crippen LogP contribution in [0.3, 0.4) is 0 Å². The second-order valence-corrected chi connectivity index (χ2v) is 6.21. The van der Waals surface area contributed by atoms with Gasteiger partial charge in [0.1, 0.15) is 0 Å². The molecule has 1 heterocycles. The van der Waals surface area contributed by atoms with E-state index < -0.39 is 11.7 Å². The van der Waals surface area contributed by atoms with Crippen LogP contribution in [0.4, 0.5) is 13.2 Å². The summed E-state index contributed by atoms with van der Waals surface area (Å²) in [6, 6.07) is 4.43. The van der Waals surface area contributed by atoms with Crippen LogP contribution in [0.25, 0.3) is 0 Å². The van der Waals surface area contributed by atoms with Crippen LogP contribution in [0.5, 0.6) is 0 Å². The molecule has 0 spiro atoms. The van der Waals surface area contributed by atoms with Crippen molar-refractivity contribution in [3.05, 3.63) is 34.3 Å². The first-order chi connectivity index (χ1) is 9.97. The van der Waals surface area contributed by atoms with Crippen LogP contribution in [-0.2, 0) is 6.18 Å². The van der Waals surface area contributed by atoms with Gasteiger partial charge in [0.2, 0.25) is 0 Å². The first kappa shape index (κ1) is 20.8. The van der Waals surface area contributed by atoms with Crippen molar-refractivity contribution in [1.29, 1.82) is 0 Å². The molecule has 0 amide bonds. The zero-order chi connectivity index (χ0) is 15.0. The van der Waals surface area contributed by atoms with Gasteiger partial charge in [0.15, 0.2) is 0 Å². The van der Waals surface area contributed by atoms with Crippen molar-refractivity contribution in [2.75, 3.05) is 26.2 Å². The standard InChI is InChI=1S/C15H18ClF3N2.2ClH/c16-13-9-11(3-4-12(13)15(17,18)19)14(10-1-2-10)21-7-5-20-6-8-21;;/h3-4,9-10,14,20H,1-2,5-8H2;2*1H/t14-;;/m1../s1. The van der Waals surface area contributed by atoms with Crippen molar-refractivity contribution < 1.29 is 13.2 Å². The zero-order valence-corrected chi connectivity index (χ0v) is 14.8. The summed E-state index contributed by atoms with van der Waals surface area (Å²) in [6.07, 6.45) is -2.10. The summed E-state index contributed by atoms with van der Waals surface area (Å²) in [5, 5.41) is 3.11. The van der Waals surface area contributed by atoms with Crippen LogP contribution in [0.1, 0.15) is 30.0 Å². The fraction of sp³-hybridized carbons (Fsp3) is 0.600. The maximum Gasteiger partial charge on any atom is 0.417 e. The Hall–Kier alpha value is -0.200. The molecular formula is C15H20Cl3F3N2. The molecule has 23 heavy (non-hydrogen) atoms. The largest absolute Gasteiger partial charge is 0.417 e. The fourth-order valence-corrected chi connectivity index (χ4v) is 3.39. The van der Waals surface area contributed by atoms with Gasteiger partial charge in [0.05, 0.1) is 10.6 Å². The maximum atomic E-state index is 12.8. The smallest absolute Gasteiger partial charge is 0.314 e. The van der Waals surface area contributed by atoms with E-state index in [1.165, 1.54) is 6.07 Å². The van der Waals surface area contributed by atoms with Gasteiger partial charge in [0.25, 0.3) is 0 Å². The highest BCUT2D eigenvalue weighted by Crippen LogP contribution is 2.46. The molecule has 1 N–H and O–H groups in total. The summed E-state index contributed by atoms with van der Waals surface area (Å²) in [5.74, 6) is 0.552. The van der Waals surface area contributed by atoms with Crippen molar-refractivity contribution in [3.63, 3.8) is 0 Å². The lowest BCUT2D eigenvalue weighted by atomic mass is 9.98. The molecule has 1 saturated carbocycles. The molecule has 0 aromatic heterocycles. The lowest BCUT2D eigenvalue weighted by Crippen LogP contribution is -2.45. The average molecular weight is 392 g/mol. The SMILES string of the molecule is Cl.Cl.FC(F)(F)c1ccc([C@@H](C2CC2)N2CCNCC2)cc1Cl. The van der Waals surface area contributed by atoms with Gasteiger partial charge in [-0.25, -0.2) is 0 Å². The summed E-state index contributed by atoms with van der Waals surface area (Å²) in [4.78, 5) is 2.37. The van der Waals surface area contributed by atoms with Gasteiger partial charge in [-0.05, 0) is 36.5 Å². The third kappa shape index (κ3) is 4.89. The van der Waals surface area contributed by atoms with E-state index in [1.807, 2.05) is 0 Å². The molecule has 0 bridgehead atoms. The first-order valence-corrected chi connectivity index (χ1v) is 7.66. The Morgan fingerprint density at radius 1 is 1.13 bits per heavy atom. The number of nitrogens with zero attached hydrogens (tertiary/aromatic N) is 1. The first-order valence-electron chi connectivity index (χ1n) is 7.28. The van der Waals surface area contributed by atoms with Gasteiger partial charge in [-0.1, -0.05) is 17.7 Å². The van der Waals surface area contributed by atoms with Gasteiger partial charge in [-0.15, -0.1) is 24.8 Å². The molecule has 1 aliphatic heterocycles. The average Bonchev–Trinajstić information content (AvgIpc) is 3.23. The van der Waals surface area contributed by atoms with Gasteiger partial charge in [-0.3, -0.25) is 4.90 Å². The van der Waals surface area contributed by atoms with Crippen LogP contribution in [0.2, 0.25) is 5.02 Å². The van der Waals surface area contributed by atoms with E-state index in [0.717, 1.165) is 50.7 Å². The number of piperazine rings is 1. The van der Waals surface area contributed by atoms with E-state index in [-0.39, 0.29) is 35.9 Å². The molecule has 1 aromatic rings. The van der Waals surface area contributed by atoms with E-state index >= 15 is 0 Å². The minimum absolute atomic E-state index is 0. The minimum atomic E-state index is -4.39. The van der Waals surface area contributed by atoms with Crippen molar-refractivity contribution in [2.45, 2.75) is 25.1 Å². The Bertz CT molecular complexity index is 515. The molecule has 0 radical (unpaired) electrons. The summed E-state index contributed by atoms with van der Waals surface area (Å²) < 4.78 is 38.4. The predicted octanol–water partition coefficient (Wildman–Crippen LogP) is 4.56. The molecule has 2 nitrogen and oxygen atoms in total. The number of nitrogens with one attached hydrogen (secondary N) is 1. The van der Waals surface area contributed by atoms with Crippen LogP contribution >= 0.6 is 36.4 Å². The zero-order valence-electron chi connectivity index (χ0n) is 12.4. The highest BCUT2D eigenvalue weighted by atomic mass is 35.5. The number of rotatable bonds is 3. The Morgan fingerprint density at radius 2 is 1.74 bits per heavy atom. The molecular weight excluding hydrogens is 372 g/mol. The molecule has 0 unspecified atom stereocenters. The van der Waals surface area contributed by atoms with Gasteiger partial charge in [-0.2, -0.15) is 13.2 Å². The van der Waals surface area contributed by atoms with Crippen LogP contribution in [0.15, 0.2) is 18.2 Å². The van der Waals surface area contributed by atoms with Crippen LogP contribution in [0, 0.1) is 5.92 Å². The monoisotopic (exact) mass is 390 g/mol. The molecule has 1 atom stereocenters. The lowest BCUT2D eigenvalue weighted by molar-refractivity contribution is -0.137. The summed E-state index contributed by atoms with van der Waals surface area (Å²) in [6.45, 7) is 3.72. The highest BCUT2D eigenvalue weighted by molar-refractivity contribution is 6.31.